The number of nitrogens with zero attached hydrogens (tertiary/aromatic N) is 2. The molecule has 4 heteroatoms. The Morgan fingerprint density at radius 1 is 1.13 bits per heavy atom. The van der Waals surface area contributed by atoms with Crippen LogP contribution < -0.4 is 5.73 Å². The lowest BCUT2D eigenvalue weighted by Gasteiger charge is -2.06. The molecule has 2 N–H and O–H groups in total. The predicted molar refractivity (Wildman–Crippen MR) is 64.0 cm³/mol. The van der Waals surface area contributed by atoms with Crippen molar-refractivity contribution in [3.63, 3.8) is 0 Å². The largest absolute Gasteiger partial charge is 0.382 e. The van der Waals surface area contributed by atoms with Gasteiger partial charge in [0.05, 0.1) is 16.3 Å². The number of nitrogens with two attached hydrogens (primary N) is 1. The van der Waals surface area contributed by atoms with E-state index >= 15 is 0 Å². The van der Waals surface area contributed by atoms with Crippen molar-refractivity contribution < 1.29 is 0 Å². The second-order valence-corrected chi connectivity index (χ2v) is 4.48. The van der Waals surface area contributed by atoms with Crippen molar-refractivity contribution in [2.75, 3.05) is 5.73 Å². The molecule has 0 amide bonds. The maximum atomic E-state index is 5.88. The molecule has 78 valence electrons. The van der Waals surface area contributed by atoms with Crippen LogP contribution in [0, 0.1) is 20.8 Å². The van der Waals surface area contributed by atoms with Crippen LogP contribution in [0.1, 0.15) is 17.0 Å². The van der Waals surface area contributed by atoms with Gasteiger partial charge in [0, 0.05) is 0 Å². The van der Waals surface area contributed by atoms with Gasteiger partial charge in [-0.25, -0.2) is 9.97 Å². The van der Waals surface area contributed by atoms with Crippen molar-refractivity contribution in [2.45, 2.75) is 20.8 Å². The quantitative estimate of drug-likeness (QED) is 0.802. The molecule has 0 aliphatic rings. The van der Waals surface area contributed by atoms with Crippen LogP contribution in [-0.2, 0) is 0 Å². The molecule has 0 aliphatic carbocycles. The van der Waals surface area contributed by atoms with E-state index in [-0.39, 0.29) is 0 Å². The summed E-state index contributed by atoms with van der Waals surface area (Å²) in [4.78, 5) is 9.90. The van der Waals surface area contributed by atoms with Gasteiger partial charge in [-0.05, 0) is 37.8 Å². The molecule has 0 aromatic carbocycles. The van der Waals surface area contributed by atoms with Crippen LogP contribution in [0.2, 0.25) is 0 Å². The Hall–Kier alpha value is -1.42. The zero-order valence-corrected chi connectivity index (χ0v) is 9.85. The molecular weight excluding hydrogens is 206 g/mol. The first-order valence-corrected chi connectivity index (χ1v) is 5.62. The highest BCUT2D eigenvalue weighted by atomic mass is 32.1. The fraction of sp³-hybridized carbons (Fsp3) is 0.273. The molecule has 0 atom stereocenters. The van der Waals surface area contributed by atoms with Crippen molar-refractivity contribution in [3.8, 4) is 10.6 Å². The van der Waals surface area contributed by atoms with E-state index in [4.69, 9.17) is 5.73 Å². The van der Waals surface area contributed by atoms with Gasteiger partial charge in [0.15, 0.2) is 5.82 Å². The number of rotatable bonds is 1. The Bertz CT molecular complexity index is 503. The van der Waals surface area contributed by atoms with E-state index < -0.39 is 0 Å². The Morgan fingerprint density at radius 2 is 1.80 bits per heavy atom. The number of aromatic nitrogens is 2. The lowest BCUT2D eigenvalue weighted by atomic mass is 10.2. The third-order valence-electron chi connectivity index (χ3n) is 2.41. The fourth-order valence-corrected chi connectivity index (χ4v) is 2.33. The predicted octanol–water partition coefficient (Wildman–Crippen LogP) is 2.71. The van der Waals surface area contributed by atoms with E-state index in [1.165, 1.54) is 5.56 Å². The first-order valence-electron chi connectivity index (χ1n) is 4.74. The van der Waals surface area contributed by atoms with E-state index in [9.17, 15) is 0 Å². The summed E-state index contributed by atoms with van der Waals surface area (Å²) in [6.45, 7) is 5.93. The molecule has 0 fully saturated rings. The van der Waals surface area contributed by atoms with E-state index in [1.807, 2.05) is 19.2 Å². The minimum Gasteiger partial charge on any atom is -0.382 e. The zero-order chi connectivity index (χ0) is 11.0. The van der Waals surface area contributed by atoms with Gasteiger partial charge in [-0.3, -0.25) is 0 Å². The number of anilines is 1. The van der Waals surface area contributed by atoms with Crippen LogP contribution >= 0.6 is 11.3 Å². The molecule has 0 aliphatic heterocycles. The van der Waals surface area contributed by atoms with Gasteiger partial charge in [-0.2, -0.15) is 0 Å². The molecule has 0 saturated heterocycles. The Balaban J connectivity index is 2.64. The Morgan fingerprint density at radius 3 is 2.40 bits per heavy atom. The van der Waals surface area contributed by atoms with Crippen LogP contribution in [0.3, 0.4) is 0 Å². The summed E-state index contributed by atoms with van der Waals surface area (Å²) in [6.07, 6.45) is 0. The summed E-state index contributed by atoms with van der Waals surface area (Å²) in [6, 6.07) is 2.07. The molecule has 0 radical (unpaired) electrons. The summed E-state index contributed by atoms with van der Waals surface area (Å²) in [5.74, 6) is 0.517. The first-order chi connectivity index (χ1) is 7.09. The molecule has 0 saturated carbocycles. The van der Waals surface area contributed by atoms with Crippen LogP contribution in [0.15, 0.2) is 11.4 Å². The van der Waals surface area contributed by atoms with Gasteiger partial charge in [-0.15, -0.1) is 11.3 Å². The highest BCUT2D eigenvalue weighted by Crippen LogP contribution is 2.31. The van der Waals surface area contributed by atoms with Crippen LogP contribution in [0.25, 0.3) is 10.6 Å². The molecule has 0 unspecified atom stereocenters. The SMILES string of the molecule is Cc1ccsc1-c1nc(C)c(C)nc1N. The third kappa shape index (κ3) is 1.72. The lowest BCUT2D eigenvalue weighted by molar-refractivity contribution is 1.06. The Kier molecular flexibility index (Phi) is 2.44. The number of hydrogen-bond acceptors (Lipinski definition) is 4. The molecule has 2 aromatic rings. The van der Waals surface area contributed by atoms with Gasteiger partial charge in [0.1, 0.15) is 5.69 Å². The van der Waals surface area contributed by atoms with Crippen molar-refractivity contribution >= 4 is 17.2 Å². The highest BCUT2D eigenvalue weighted by Gasteiger charge is 2.11. The molecule has 0 bridgehead atoms. The van der Waals surface area contributed by atoms with Gasteiger partial charge >= 0.3 is 0 Å². The van der Waals surface area contributed by atoms with Gasteiger partial charge in [-0.1, -0.05) is 0 Å². The minimum atomic E-state index is 0.517. The highest BCUT2D eigenvalue weighted by molar-refractivity contribution is 7.13. The monoisotopic (exact) mass is 219 g/mol. The maximum absolute atomic E-state index is 5.88. The topological polar surface area (TPSA) is 51.8 Å². The summed E-state index contributed by atoms with van der Waals surface area (Å²) in [5.41, 5.74) is 9.72. The lowest BCUT2D eigenvalue weighted by Crippen LogP contribution is -2.01. The van der Waals surface area contributed by atoms with E-state index in [1.54, 1.807) is 11.3 Å². The molecule has 0 spiro atoms. The second kappa shape index (κ2) is 3.62. The molecule has 3 nitrogen and oxygen atoms in total. The molecule has 2 rings (SSSR count). The van der Waals surface area contributed by atoms with Crippen molar-refractivity contribution in [1.29, 1.82) is 0 Å². The third-order valence-corrected chi connectivity index (χ3v) is 3.43. The van der Waals surface area contributed by atoms with Gasteiger partial charge in [0.2, 0.25) is 0 Å². The molecule has 15 heavy (non-hydrogen) atoms. The number of aryl methyl sites for hydroxylation is 3. The summed E-state index contributed by atoms with van der Waals surface area (Å²) in [7, 11) is 0. The Labute approximate surface area is 93.0 Å². The van der Waals surface area contributed by atoms with Crippen molar-refractivity contribution in [3.05, 3.63) is 28.4 Å². The number of nitrogen functional groups attached to an aromatic ring is 1. The average molecular weight is 219 g/mol. The average Bonchev–Trinajstić information content (AvgIpc) is 2.58. The van der Waals surface area contributed by atoms with Crippen LogP contribution in [0.4, 0.5) is 5.82 Å². The van der Waals surface area contributed by atoms with Crippen LogP contribution in [-0.4, -0.2) is 9.97 Å². The summed E-state index contributed by atoms with van der Waals surface area (Å²) >= 11 is 1.65. The van der Waals surface area contributed by atoms with Crippen LogP contribution in [0.5, 0.6) is 0 Å². The normalized spacial score (nSPS) is 10.6. The first kappa shape index (κ1) is 10.1. The second-order valence-electron chi connectivity index (χ2n) is 3.56. The number of thiophene rings is 1. The smallest absolute Gasteiger partial charge is 0.151 e. The van der Waals surface area contributed by atoms with Crippen molar-refractivity contribution in [2.24, 2.45) is 0 Å². The molecule has 2 aromatic heterocycles. The van der Waals surface area contributed by atoms with E-state index in [0.29, 0.717) is 5.82 Å². The van der Waals surface area contributed by atoms with Gasteiger partial charge < -0.3 is 5.73 Å². The summed E-state index contributed by atoms with van der Waals surface area (Å²) < 4.78 is 0. The summed E-state index contributed by atoms with van der Waals surface area (Å²) in [5, 5.41) is 2.04. The standard InChI is InChI=1S/C11H13N3S/c1-6-4-5-15-10(6)9-11(12)14-8(3)7(2)13-9/h4-5H,1-3H3,(H2,12,14). The zero-order valence-electron chi connectivity index (χ0n) is 9.03. The minimum absolute atomic E-state index is 0.517. The van der Waals surface area contributed by atoms with E-state index in [0.717, 1.165) is 22.0 Å². The molecule has 2 heterocycles. The number of hydrogen-bond donors (Lipinski definition) is 1. The van der Waals surface area contributed by atoms with Gasteiger partial charge in [0.25, 0.3) is 0 Å². The van der Waals surface area contributed by atoms with Crippen molar-refractivity contribution in [1.82, 2.24) is 9.97 Å². The van der Waals surface area contributed by atoms with E-state index in [2.05, 4.69) is 23.0 Å². The molecular formula is C11H13N3S. The fourth-order valence-electron chi connectivity index (χ4n) is 1.40. The maximum Gasteiger partial charge on any atom is 0.151 e.